The molecule has 2 amide bonds. The number of aldehydes is 1. The summed E-state index contributed by atoms with van der Waals surface area (Å²) < 4.78 is 10.6. The van der Waals surface area contributed by atoms with Crippen LogP contribution in [0.15, 0.2) is 0 Å². The maximum atomic E-state index is 11.8. The van der Waals surface area contributed by atoms with Gasteiger partial charge in [0.1, 0.15) is 17.5 Å². The van der Waals surface area contributed by atoms with Gasteiger partial charge < -0.3 is 39.6 Å². The normalized spacial score (nSPS) is 26.2. The molecule has 0 aromatic heterocycles. The number of nitrogens with zero attached hydrogens (tertiary/aromatic N) is 3. The summed E-state index contributed by atoms with van der Waals surface area (Å²) in [4.78, 5) is 39.7. The van der Waals surface area contributed by atoms with Crippen molar-refractivity contribution in [1.82, 2.24) is 25.3 Å². The van der Waals surface area contributed by atoms with Crippen molar-refractivity contribution in [2.45, 2.75) is 110 Å². The first kappa shape index (κ1) is 34.6. The maximum Gasteiger partial charge on any atom is 0.410 e. The Morgan fingerprint density at radius 2 is 1.14 bits per heavy atom. The molecule has 0 spiro atoms. The lowest BCUT2D eigenvalue weighted by Crippen LogP contribution is -2.36. The largest absolute Gasteiger partial charge is 0.444 e. The average molecular weight is 594 g/mol. The van der Waals surface area contributed by atoms with Crippen molar-refractivity contribution in [3.63, 3.8) is 0 Å². The number of rotatable bonds is 7. The van der Waals surface area contributed by atoms with E-state index in [0.29, 0.717) is 19.0 Å². The van der Waals surface area contributed by atoms with Crippen LogP contribution in [0.4, 0.5) is 9.59 Å². The van der Waals surface area contributed by atoms with Crippen LogP contribution in [-0.4, -0.2) is 116 Å². The molecule has 0 aromatic rings. The SMILES string of the molecule is CC(C)(C)OC(=O)N1CCC(C=O)C1.CC(C)(C)OC(=O)N1CCC(CNC2CC2)C1.CN1CCC(CNC2CC2)C1. The summed E-state index contributed by atoms with van der Waals surface area (Å²) in [6.45, 7) is 18.9. The van der Waals surface area contributed by atoms with Gasteiger partial charge in [-0.3, -0.25) is 0 Å². The Hall–Kier alpha value is -1.91. The molecule has 3 aliphatic heterocycles. The molecule has 242 valence electrons. The van der Waals surface area contributed by atoms with Crippen LogP contribution in [0.5, 0.6) is 0 Å². The lowest BCUT2D eigenvalue weighted by Gasteiger charge is -2.24. The fourth-order valence-electron chi connectivity index (χ4n) is 5.32. The number of carbonyl (C=O) groups is 3. The van der Waals surface area contributed by atoms with Gasteiger partial charge >= 0.3 is 12.2 Å². The first-order valence-electron chi connectivity index (χ1n) is 16.3. The van der Waals surface area contributed by atoms with Crippen LogP contribution in [-0.2, 0) is 14.3 Å². The zero-order valence-electron chi connectivity index (χ0n) is 27.5. The predicted molar refractivity (Wildman–Crippen MR) is 166 cm³/mol. The van der Waals surface area contributed by atoms with Crippen molar-refractivity contribution < 1.29 is 23.9 Å². The molecule has 2 N–H and O–H groups in total. The fraction of sp³-hybridized carbons (Fsp3) is 0.906. The second-order valence-electron chi connectivity index (χ2n) is 15.0. The van der Waals surface area contributed by atoms with Crippen LogP contribution in [0.1, 0.15) is 86.5 Å². The second kappa shape index (κ2) is 15.7. The zero-order chi connectivity index (χ0) is 30.9. The standard InChI is InChI=1S/C13H24N2O2.C10H17NO3.C9H18N2/c1-13(2,3)17-12(16)15-7-6-10(9-15)8-14-11-4-5-11;1-10(2,3)14-9(13)11-5-4-8(6-11)7-12;1-11-5-4-8(7-11)6-10-9-2-3-9/h10-11,14H,4-9H2,1-3H3;7-8H,4-6H2,1-3H3;8-10H,2-7H2,1H3. The molecule has 3 atom stereocenters. The summed E-state index contributed by atoms with van der Waals surface area (Å²) in [7, 11) is 2.22. The summed E-state index contributed by atoms with van der Waals surface area (Å²) in [5.74, 6) is 1.52. The van der Waals surface area contributed by atoms with Crippen LogP contribution < -0.4 is 10.6 Å². The Kier molecular flexibility index (Phi) is 12.9. The first-order valence-corrected chi connectivity index (χ1v) is 16.3. The van der Waals surface area contributed by atoms with Gasteiger partial charge in [0.15, 0.2) is 0 Å². The van der Waals surface area contributed by atoms with Gasteiger partial charge in [-0.05, 0) is 125 Å². The van der Waals surface area contributed by atoms with Crippen LogP contribution in [0.3, 0.4) is 0 Å². The Balaban J connectivity index is 0.000000177. The average Bonchev–Trinajstić information content (AvgIpc) is 3.75. The third kappa shape index (κ3) is 14.0. The molecular weight excluding hydrogens is 534 g/mol. The molecule has 3 saturated heterocycles. The van der Waals surface area contributed by atoms with Crippen molar-refractivity contribution in [1.29, 1.82) is 0 Å². The molecule has 2 aliphatic carbocycles. The number of ether oxygens (including phenoxy) is 2. The Labute approximate surface area is 254 Å². The maximum absolute atomic E-state index is 11.8. The second-order valence-corrected chi connectivity index (χ2v) is 15.0. The van der Waals surface area contributed by atoms with Gasteiger partial charge in [-0.15, -0.1) is 0 Å². The summed E-state index contributed by atoms with van der Waals surface area (Å²) in [6, 6.07) is 1.64. The van der Waals surface area contributed by atoms with E-state index in [9.17, 15) is 14.4 Å². The van der Waals surface area contributed by atoms with Gasteiger partial charge in [0.2, 0.25) is 0 Å². The molecule has 42 heavy (non-hydrogen) atoms. The van der Waals surface area contributed by atoms with Crippen LogP contribution in [0.25, 0.3) is 0 Å². The number of hydrogen-bond acceptors (Lipinski definition) is 8. The first-order chi connectivity index (χ1) is 19.7. The van der Waals surface area contributed by atoms with E-state index < -0.39 is 5.60 Å². The topological polar surface area (TPSA) is 103 Å². The summed E-state index contributed by atoms with van der Waals surface area (Å²) in [6.07, 6.45) is 9.16. The molecule has 3 unspecified atom stereocenters. The number of likely N-dealkylation sites (tertiary alicyclic amines) is 3. The highest BCUT2D eigenvalue weighted by Crippen LogP contribution is 2.23. The highest BCUT2D eigenvalue weighted by Gasteiger charge is 2.31. The van der Waals surface area contributed by atoms with Crippen molar-refractivity contribution in [3.05, 3.63) is 0 Å². The van der Waals surface area contributed by atoms with Crippen molar-refractivity contribution >= 4 is 18.5 Å². The number of hydrogen-bond donors (Lipinski definition) is 2. The van der Waals surface area contributed by atoms with Crippen molar-refractivity contribution in [2.24, 2.45) is 17.8 Å². The molecule has 10 heteroatoms. The molecule has 3 heterocycles. The molecule has 10 nitrogen and oxygen atoms in total. The van der Waals surface area contributed by atoms with Crippen LogP contribution >= 0.6 is 0 Å². The van der Waals surface area contributed by atoms with Crippen molar-refractivity contribution in [2.75, 3.05) is 59.4 Å². The smallest absolute Gasteiger partial charge is 0.410 e. The molecule has 5 rings (SSSR count). The molecule has 2 saturated carbocycles. The van der Waals surface area contributed by atoms with E-state index in [1.807, 2.05) is 46.4 Å². The van der Waals surface area contributed by atoms with Gasteiger partial charge in [-0.25, -0.2) is 9.59 Å². The van der Waals surface area contributed by atoms with E-state index in [1.165, 1.54) is 51.7 Å². The van der Waals surface area contributed by atoms with E-state index in [4.69, 9.17) is 9.47 Å². The molecule has 0 radical (unpaired) electrons. The van der Waals surface area contributed by atoms with Gasteiger partial charge in [0, 0.05) is 50.7 Å². The number of amides is 2. The highest BCUT2D eigenvalue weighted by atomic mass is 16.6. The third-order valence-corrected chi connectivity index (χ3v) is 8.04. The molecule has 5 fully saturated rings. The monoisotopic (exact) mass is 593 g/mol. The predicted octanol–water partition coefficient (Wildman–Crippen LogP) is 4.13. The van der Waals surface area contributed by atoms with Gasteiger partial charge in [0.05, 0.1) is 0 Å². The quantitative estimate of drug-likeness (QED) is 0.425. The van der Waals surface area contributed by atoms with Gasteiger partial charge in [-0.1, -0.05) is 0 Å². The van der Waals surface area contributed by atoms with Gasteiger partial charge in [0.25, 0.3) is 0 Å². The number of nitrogens with one attached hydrogen (secondary N) is 2. The molecule has 5 aliphatic rings. The minimum atomic E-state index is -0.462. The van der Waals surface area contributed by atoms with Crippen molar-refractivity contribution in [3.8, 4) is 0 Å². The molecule has 0 aromatic carbocycles. The summed E-state index contributed by atoms with van der Waals surface area (Å²) in [5.41, 5.74) is -0.849. The Morgan fingerprint density at radius 3 is 1.55 bits per heavy atom. The summed E-state index contributed by atoms with van der Waals surface area (Å²) in [5, 5.41) is 7.12. The summed E-state index contributed by atoms with van der Waals surface area (Å²) >= 11 is 0. The van der Waals surface area contributed by atoms with Crippen LogP contribution in [0.2, 0.25) is 0 Å². The number of carbonyl (C=O) groups excluding carboxylic acids is 3. The minimum Gasteiger partial charge on any atom is -0.444 e. The lowest BCUT2D eigenvalue weighted by molar-refractivity contribution is -0.110. The Morgan fingerprint density at radius 1 is 0.690 bits per heavy atom. The van der Waals surface area contributed by atoms with E-state index in [0.717, 1.165) is 56.8 Å². The zero-order valence-corrected chi connectivity index (χ0v) is 27.5. The fourth-order valence-corrected chi connectivity index (χ4v) is 5.32. The van der Waals surface area contributed by atoms with E-state index in [2.05, 4.69) is 22.6 Å². The van der Waals surface area contributed by atoms with Crippen LogP contribution in [0, 0.1) is 17.8 Å². The van der Waals surface area contributed by atoms with E-state index in [-0.39, 0.29) is 23.7 Å². The molecular formula is C32H59N5O5. The van der Waals surface area contributed by atoms with Gasteiger partial charge in [-0.2, -0.15) is 0 Å². The lowest BCUT2D eigenvalue weighted by atomic mass is 10.1. The highest BCUT2D eigenvalue weighted by molar-refractivity contribution is 5.70. The van der Waals surface area contributed by atoms with E-state index >= 15 is 0 Å². The minimum absolute atomic E-state index is 0.0116. The third-order valence-electron chi connectivity index (χ3n) is 8.04. The Bertz CT molecular complexity index is 864. The van der Waals surface area contributed by atoms with E-state index in [1.54, 1.807) is 4.90 Å². The molecule has 0 bridgehead atoms.